The van der Waals surface area contributed by atoms with Gasteiger partial charge in [0, 0.05) is 11.6 Å². The van der Waals surface area contributed by atoms with E-state index in [-0.39, 0.29) is 42.3 Å². The SMILES string of the molecule is CC(C)C(NC(=O)CNC(=O)C1c2ccccc2C(=O)N1C1CC1)c1ccc2c(c1)OCCO2. The second-order valence-electron chi connectivity index (χ2n) is 9.34. The molecule has 34 heavy (non-hydrogen) atoms. The van der Waals surface area contributed by atoms with E-state index < -0.39 is 6.04 Å². The molecule has 3 amide bonds. The summed E-state index contributed by atoms with van der Waals surface area (Å²) in [6.45, 7) is 4.89. The lowest BCUT2D eigenvalue weighted by Gasteiger charge is -2.26. The minimum atomic E-state index is -0.692. The van der Waals surface area contributed by atoms with Gasteiger partial charge in [-0.15, -0.1) is 0 Å². The van der Waals surface area contributed by atoms with Gasteiger partial charge in [0.15, 0.2) is 11.5 Å². The van der Waals surface area contributed by atoms with E-state index >= 15 is 0 Å². The fourth-order valence-corrected chi connectivity index (χ4v) is 4.71. The molecule has 3 aliphatic rings. The molecule has 0 radical (unpaired) electrons. The van der Waals surface area contributed by atoms with Crippen molar-refractivity contribution in [2.75, 3.05) is 19.8 Å². The van der Waals surface area contributed by atoms with Crippen molar-refractivity contribution in [3.63, 3.8) is 0 Å². The first kappa shape index (κ1) is 22.3. The molecule has 1 aliphatic carbocycles. The molecule has 2 N–H and O–H groups in total. The van der Waals surface area contributed by atoms with Gasteiger partial charge in [0.1, 0.15) is 19.3 Å². The van der Waals surface area contributed by atoms with Crippen LogP contribution in [0.1, 0.15) is 60.3 Å². The zero-order chi connectivity index (χ0) is 23.8. The van der Waals surface area contributed by atoms with Crippen LogP contribution in [0.3, 0.4) is 0 Å². The van der Waals surface area contributed by atoms with E-state index in [9.17, 15) is 14.4 Å². The van der Waals surface area contributed by atoms with Crippen LogP contribution in [-0.4, -0.2) is 48.4 Å². The summed E-state index contributed by atoms with van der Waals surface area (Å²) < 4.78 is 11.3. The number of carbonyl (C=O) groups excluding carboxylic acids is 3. The molecule has 2 aromatic carbocycles. The molecule has 2 atom stereocenters. The number of hydrogen-bond acceptors (Lipinski definition) is 5. The highest BCUT2D eigenvalue weighted by molar-refractivity contribution is 6.05. The van der Waals surface area contributed by atoms with Gasteiger partial charge in [-0.2, -0.15) is 0 Å². The first-order valence-electron chi connectivity index (χ1n) is 11.8. The lowest BCUT2D eigenvalue weighted by Crippen LogP contribution is -2.44. The summed E-state index contributed by atoms with van der Waals surface area (Å²) in [5.41, 5.74) is 2.18. The van der Waals surface area contributed by atoms with Crippen LogP contribution in [0.15, 0.2) is 42.5 Å². The van der Waals surface area contributed by atoms with Crippen LogP contribution in [-0.2, 0) is 9.59 Å². The molecule has 8 heteroatoms. The van der Waals surface area contributed by atoms with Crippen LogP contribution in [0.4, 0.5) is 0 Å². The highest BCUT2D eigenvalue weighted by Crippen LogP contribution is 2.42. The van der Waals surface area contributed by atoms with Crippen LogP contribution in [0.5, 0.6) is 11.5 Å². The third kappa shape index (κ3) is 4.20. The van der Waals surface area contributed by atoms with Crippen molar-refractivity contribution in [1.82, 2.24) is 15.5 Å². The summed E-state index contributed by atoms with van der Waals surface area (Å²) in [6.07, 6.45) is 1.80. The van der Waals surface area contributed by atoms with Gasteiger partial charge in [0.2, 0.25) is 11.8 Å². The molecule has 1 fully saturated rings. The maximum Gasteiger partial charge on any atom is 0.255 e. The summed E-state index contributed by atoms with van der Waals surface area (Å²) >= 11 is 0. The van der Waals surface area contributed by atoms with Gasteiger partial charge in [-0.3, -0.25) is 14.4 Å². The number of amides is 3. The molecule has 0 spiro atoms. The van der Waals surface area contributed by atoms with Gasteiger partial charge in [0.25, 0.3) is 5.91 Å². The Morgan fingerprint density at radius 1 is 1.06 bits per heavy atom. The Hall–Kier alpha value is -3.55. The molecule has 2 aromatic rings. The van der Waals surface area contributed by atoms with Crippen molar-refractivity contribution in [1.29, 1.82) is 0 Å². The average molecular weight is 464 g/mol. The highest BCUT2D eigenvalue weighted by Gasteiger charge is 2.47. The molecule has 2 unspecified atom stereocenters. The lowest BCUT2D eigenvalue weighted by molar-refractivity contribution is -0.129. The molecule has 178 valence electrons. The summed E-state index contributed by atoms with van der Waals surface area (Å²) in [5, 5.41) is 5.78. The third-order valence-corrected chi connectivity index (χ3v) is 6.52. The fraction of sp³-hybridized carbons (Fsp3) is 0.423. The first-order chi connectivity index (χ1) is 16.4. The maximum atomic E-state index is 13.1. The number of nitrogens with one attached hydrogen (secondary N) is 2. The van der Waals surface area contributed by atoms with Crippen molar-refractivity contribution < 1.29 is 23.9 Å². The van der Waals surface area contributed by atoms with E-state index in [1.54, 1.807) is 17.0 Å². The zero-order valence-corrected chi connectivity index (χ0v) is 19.4. The van der Waals surface area contributed by atoms with Crippen molar-refractivity contribution in [2.24, 2.45) is 5.92 Å². The summed E-state index contributed by atoms with van der Waals surface area (Å²) in [4.78, 5) is 40.5. The molecule has 2 heterocycles. The van der Waals surface area contributed by atoms with Crippen LogP contribution < -0.4 is 20.1 Å². The second kappa shape index (κ2) is 9.00. The van der Waals surface area contributed by atoms with Crippen molar-refractivity contribution in [3.05, 3.63) is 59.2 Å². The number of nitrogens with zero attached hydrogens (tertiary/aromatic N) is 1. The van der Waals surface area contributed by atoms with Gasteiger partial charge in [-0.1, -0.05) is 38.1 Å². The summed E-state index contributed by atoms with van der Waals surface area (Å²) in [6, 6.07) is 12.0. The van der Waals surface area contributed by atoms with E-state index in [0.29, 0.717) is 35.8 Å². The molecular weight excluding hydrogens is 434 g/mol. The van der Waals surface area contributed by atoms with Gasteiger partial charge < -0.3 is 25.0 Å². The molecular formula is C26H29N3O5. The quantitative estimate of drug-likeness (QED) is 0.658. The number of fused-ring (bicyclic) bond motifs is 2. The molecule has 2 aliphatic heterocycles. The average Bonchev–Trinajstić information content (AvgIpc) is 3.64. The van der Waals surface area contributed by atoms with Crippen LogP contribution in [0.25, 0.3) is 0 Å². The molecule has 5 rings (SSSR count). The predicted molar refractivity (Wildman–Crippen MR) is 125 cm³/mol. The van der Waals surface area contributed by atoms with Crippen molar-refractivity contribution in [2.45, 2.75) is 44.8 Å². The van der Waals surface area contributed by atoms with Crippen LogP contribution >= 0.6 is 0 Å². The lowest BCUT2D eigenvalue weighted by atomic mass is 9.95. The molecule has 8 nitrogen and oxygen atoms in total. The molecule has 0 saturated heterocycles. The van der Waals surface area contributed by atoms with E-state index in [0.717, 1.165) is 18.4 Å². The standard InChI is InChI=1S/C26H29N3O5/c1-15(2)23(16-7-10-20-21(13-16)34-12-11-33-20)28-22(30)14-27-25(31)24-18-5-3-4-6-19(18)26(32)29(24)17-8-9-17/h3-7,10,13,15,17,23-24H,8-9,11-12,14H2,1-2H3,(H,27,31)(H,28,30). The molecule has 0 aromatic heterocycles. The number of carbonyl (C=O) groups is 3. The van der Waals surface area contributed by atoms with Gasteiger partial charge in [0.05, 0.1) is 12.6 Å². The Balaban J connectivity index is 1.25. The number of hydrogen-bond donors (Lipinski definition) is 2. The van der Waals surface area contributed by atoms with E-state index in [1.165, 1.54) is 0 Å². The molecule has 0 bridgehead atoms. The van der Waals surface area contributed by atoms with Crippen LogP contribution in [0.2, 0.25) is 0 Å². The van der Waals surface area contributed by atoms with Crippen molar-refractivity contribution >= 4 is 17.7 Å². The summed E-state index contributed by atoms with van der Waals surface area (Å²) in [5.74, 6) is 0.746. The zero-order valence-electron chi connectivity index (χ0n) is 19.4. The fourth-order valence-electron chi connectivity index (χ4n) is 4.71. The Bertz CT molecular complexity index is 1130. The Morgan fingerprint density at radius 3 is 2.53 bits per heavy atom. The second-order valence-corrected chi connectivity index (χ2v) is 9.34. The highest BCUT2D eigenvalue weighted by atomic mass is 16.6. The van der Waals surface area contributed by atoms with E-state index in [2.05, 4.69) is 10.6 Å². The number of benzene rings is 2. The molecule has 1 saturated carbocycles. The topological polar surface area (TPSA) is 97.0 Å². The Morgan fingerprint density at radius 2 is 1.79 bits per heavy atom. The van der Waals surface area contributed by atoms with Gasteiger partial charge >= 0.3 is 0 Å². The third-order valence-electron chi connectivity index (χ3n) is 6.52. The largest absolute Gasteiger partial charge is 0.486 e. The predicted octanol–water partition coefficient (Wildman–Crippen LogP) is 2.75. The Labute approximate surface area is 198 Å². The number of ether oxygens (including phenoxy) is 2. The minimum Gasteiger partial charge on any atom is -0.486 e. The normalized spacial score (nSPS) is 19.6. The smallest absolute Gasteiger partial charge is 0.255 e. The Kier molecular flexibility index (Phi) is 5.89. The van der Waals surface area contributed by atoms with E-state index in [4.69, 9.17) is 9.47 Å². The monoisotopic (exact) mass is 463 g/mol. The first-order valence-corrected chi connectivity index (χ1v) is 11.8. The maximum absolute atomic E-state index is 13.1. The van der Waals surface area contributed by atoms with Crippen LogP contribution in [0, 0.1) is 5.92 Å². The van der Waals surface area contributed by atoms with Crippen molar-refractivity contribution in [3.8, 4) is 11.5 Å². The summed E-state index contributed by atoms with van der Waals surface area (Å²) in [7, 11) is 0. The van der Waals surface area contributed by atoms with E-state index in [1.807, 2.05) is 44.2 Å². The van der Waals surface area contributed by atoms with Gasteiger partial charge in [-0.05, 0) is 48.1 Å². The van der Waals surface area contributed by atoms with Gasteiger partial charge in [-0.25, -0.2) is 0 Å². The number of rotatable bonds is 7. The minimum absolute atomic E-state index is 0.0880.